The summed E-state index contributed by atoms with van der Waals surface area (Å²) in [6.07, 6.45) is 0. The summed E-state index contributed by atoms with van der Waals surface area (Å²) in [5, 5.41) is 2.85. The van der Waals surface area contributed by atoms with Crippen molar-refractivity contribution in [2.75, 3.05) is 43.0 Å². The van der Waals surface area contributed by atoms with Gasteiger partial charge < -0.3 is 15.0 Å². The number of rotatable bonds is 6. The van der Waals surface area contributed by atoms with Gasteiger partial charge in [0.15, 0.2) is 0 Å². The minimum absolute atomic E-state index is 0.0789. The zero-order valence-corrected chi connectivity index (χ0v) is 15.8. The number of benzene rings is 2. The third kappa shape index (κ3) is 4.77. The van der Waals surface area contributed by atoms with Crippen LogP contribution in [0.25, 0.3) is 0 Å². The van der Waals surface area contributed by atoms with Gasteiger partial charge in [-0.3, -0.25) is 9.69 Å². The minimum Gasteiger partial charge on any atom is -0.492 e. The highest BCUT2D eigenvalue weighted by Gasteiger charge is 2.26. The van der Waals surface area contributed by atoms with E-state index in [-0.39, 0.29) is 17.8 Å². The van der Waals surface area contributed by atoms with E-state index in [1.54, 1.807) is 12.1 Å². The molecule has 2 aromatic rings. The maximum atomic E-state index is 13.0. The third-order valence-electron chi connectivity index (χ3n) is 4.86. The fourth-order valence-corrected chi connectivity index (χ4v) is 3.29. The van der Waals surface area contributed by atoms with E-state index in [1.807, 2.05) is 32.0 Å². The molecule has 27 heavy (non-hydrogen) atoms. The largest absolute Gasteiger partial charge is 0.492 e. The first-order valence-corrected chi connectivity index (χ1v) is 9.35. The van der Waals surface area contributed by atoms with Crippen molar-refractivity contribution in [3.05, 3.63) is 54.3 Å². The highest BCUT2D eigenvalue weighted by atomic mass is 19.1. The fraction of sp³-hybridized carbons (Fsp3) is 0.381. The second-order valence-electron chi connectivity index (χ2n) is 6.60. The van der Waals surface area contributed by atoms with Gasteiger partial charge in [0.1, 0.15) is 11.6 Å². The number of hydrogen-bond acceptors (Lipinski definition) is 4. The van der Waals surface area contributed by atoms with E-state index < -0.39 is 0 Å². The number of carbonyl (C=O) groups excluding carboxylic acids is 1. The fourth-order valence-electron chi connectivity index (χ4n) is 3.29. The molecule has 1 saturated heterocycles. The Morgan fingerprint density at radius 2 is 1.78 bits per heavy atom. The Balaban J connectivity index is 1.57. The van der Waals surface area contributed by atoms with Gasteiger partial charge in [-0.25, -0.2) is 4.39 Å². The lowest BCUT2D eigenvalue weighted by Crippen LogP contribution is -2.52. The van der Waals surface area contributed by atoms with E-state index in [0.717, 1.165) is 37.6 Å². The van der Waals surface area contributed by atoms with Gasteiger partial charge >= 0.3 is 0 Å². The maximum Gasteiger partial charge on any atom is 0.241 e. The number of amides is 1. The lowest BCUT2D eigenvalue weighted by atomic mass is 10.2. The first kappa shape index (κ1) is 19.2. The quantitative estimate of drug-likeness (QED) is 0.846. The molecule has 1 N–H and O–H groups in total. The van der Waals surface area contributed by atoms with Crippen LogP contribution in [0.3, 0.4) is 0 Å². The standard InChI is InChI=1S/C21H26FN3O2/c1-3-27-20-7-5-4-6-19(20)25-14-12-24(13-15-25)16(2)21(26)23-18-10-8-17(22)9-11-18/h4-11,16H,3,12-15H2,1-2H3,(H,23,26)/t16-/m0/s1. The molecule has 0 aliphatic carbocycles. The molecule has 0 saturated carbocycles. The van der Waals surface area contributed by atoms with Gasteiger partial charge in [0.25, 0.3) is 0 Å². The first-order valence-electron chi connectivity index (χ1n) is 9.35. The molecule has 1 heterocycles. The van der Waals surface area contributed by atoms with Gasteiger partial charge in [-0.05, 0) is 50.2 Å². The Morgan fingerprint density at radius 3 is 2.44 bits per heavy atom. The van der Waals surface area contributed by atoms with E-state index in [4.69, 9.17) is 4.74 Å². The molecular formula is C21H26FN3O2. The number of piperazine rings is 1. The van der Waals surface area contributed by atoms with Gasteiger partial charge in [0.2, 0.25) is 5.91 Å². The van der Waals surface area contributed by atoms with Crippen molar-refractivity contribution >= 4 is 17.3 Å². The molecule has 6 heteroatoms. The van der Waals surface area contributed by atoms with Crippen LogP contribution in [0.15, 0.2) is 48.5 Å². The molecule has 1 amide bonds. The summed E-state index contributed by atoms with van der Waals surface area (Å²) in [5.74, 6) is 0.504. The summed E-state index contributed by atoms with van der Waals surface area (Å²) >= 11 is 0. The van der Waals surface area contributed by atoms with Crippen LogP contribution in [0.5, 0.6) is 5.75 Å². The van der Waals surface area contributed by atoms with Crippen LogP contribution in [0, 0.1) is 5.82 Å². The third-order valence-corrected chi connectivity index (χ3v) is 4.86. The smallest absolute Gasteiger partial charge is 0.241 e. The molecule has 0 radical (unpaired) electrons. The van der Waals surface area contributed by atoms with Crippen LogP contribution in [-0.2, 0) is 4.79 Å². The predicted molar refractivity (Wildman–Crippen MR) is 106 cm³/mol. The molecule has 1 aliphatic heterocycles. The van der Waals surface area contributed by atoms with Crippen molar-refractivity contribution in [1.29, 1.82) is 0 Å². The van der Waals surface area contributed by atoms with Crippen molar-refractivity contribution in [3.63, 3.8) is 0 Å². The van der Waals surface area contributed by atoms with Crippen LogP contribution in [-0.4, -0.2) is 49.6 Å². The second-order valence-corrected chi connectivity index (χ2v) is 6.60. The van der Waals surface area contributed by atoms with Crippen LogP contribution in [0.1, 0.15) is 13.8 Å². The molecule has 0 bridgehead atoms. The van der Waals surface area contributed by atoms with Crippen molar-refractivity contribution < 1.29 is 13.9 Å². The first-order chi connectivity index (χ1) is 13.1. The average Bonchev–Trinajstić information content (AvgIpc) is 2.70. The number of hydrogen-bond donors (Lipinski definition) is 1. The van der Waals surface area contributed by atoms with Gasteiger partial charge in [0.05, 0.1) is 18.3 Å². The van der Waals surface area contributed by atoms with Crippen molar-refractivity contribution in [1.82, 2.24) is 4.90 Å². The van der Waals surface area contributed by atoms with Crippen LogP contribution in [0.2, 0.25) is 0 Å². The number of ether oxygens (including phenoxy) is 1. The summed E-state index contributed by atoms with van der Waals surface area (Å²) in [6, 6.07) is 13.6. The molecule has 1 atom stereocenters. The Morgan fingerprint density at radius 1 is 1.11 bits per heavy atom. The van der Waals surface area contributed by atoms with E-state index in [1.165, 1.54) is 12.1 Å². The summed E-state index contributed by atoms with van der Waals surface area (Å²) in [6.45, 7) is 7.77. The maximum absolute atomic E-state index is 13.0. The molecule has 0 aromatic heterocycles. The zero-order chi connectivity index (χ0) is 19.2. The predicted octanol–water partition coefficient (Wildman–Crippen LogP) is 3.37. The van der Waals surface area contributed by atoms with Crippen LogP contribution >= 0.6 is 0 Å². The number of anilines is 2. The van der Waals surface area contributed by atoms with E-state index in [0.29, 0.717) is 12.3 Å². The Labute approximate surface area is 159 Å². The Bertz CT molecular complexity index is 758. The lowest BCUT2D eigenvalue weighted by Gasteiger charge is -2.39. The molecule has 1 fully saturated rings. The summed E-state index contributed by atoms with van der Waals surface area (Å²) in [4.78, 5) is 17.0. The number of carbonyl (C=O) groups is 1. The molecule has 144 valence electrons. The van der Waals surface area contributed by atoms with E-state index >= 15 is 0 Å². The topological polar surface area (TPSA) is 44.8 Å². The minimum atomic E-state index is -0.315. The zero-order valence-electron chi connectivity index (χ0n) is 15.8. The normalized spacial score (nSPS) is 16.0. The molecule has 0 spiro atoms. The Hall–Kier alpha value is -2.60. The monoisotopic (exact) mass is 371 g/mol. The molecule has 5 nitrogen and oxygen atoms in total. The number of nitrogens with one attached hydrogen (secondary N) is 1. The summed E-state index contributed by atoms with van der Waals surface area (Å²) in [5.41, 5.74) is 1.71. The highest BCUT2D eigenvalue weighted by Crippen LogP contribution is 2.29. The van der Waals surface area contributed by atoms with Crippen molar-refractivity contribution in [2.45, 2.75) is 19.9 Å². The van der Waals surface area contributed by atoms with Crippen LogP contribution in [0.4, 0.5) is 15.8 Å². The molecule has 3 rings (SSSR count). The van der Waals surface area contributed by atoms with Crippen molar-refractivity contribution in [2.24, 2.45) is 0 Å². The number of para-hydroxylation sites is 2. The van der Waals surface area contributed by atoms with Gasteiger partial charge in [-0.1, -0.05) is 12.1 Å². The molecule has 0 unspecified atom stereocenters. The molecule has 1 aliphatic rings. The SMILES string of the molecule is CCOc1ccccc1N1CCN([C@@H](C)C(=O)Nc2ccc(F)cc2)CC1. The second kappa shape index (κ2) is 8.86. The summed E-state index contributed by atoms with van der Waals surface area (Å²) in [7, 11) is 0. The van der Waals surface area contributed by atoms with Crippen LogP contribution < -0.4 is 15.0 Å². The van der Waals surface area contributed by atoms with E-state index in [9.17, 15) is 9.18 Å². The van der Waals surface area contributed by atoms with E-state index in [2.05, 4.69) is 21.2 Å². The Kier molecular flexibility index (Phi) is 6.29. The van der Waals surface area contributed by atoms with Gasteiger partial charge in [-0.2, -0.15) is 0 Å². The number of halogens is 1. The lowest BCUT2D eigenvalue weighted by molar-refractivity contribution is -0.120. The summed E-state index contributed by atoms with van der Waals surface area (Å²) < 4.78 is 18.7. The van der Waals surface area contributed by atoms with Gasteiger partial charge in [0, 0.05) is 31.9 Å². The van der Waals surface area contributed by atoms with Crippen molar-refractivity contribution in [3.8, 4) is 5.75 Å². The average molecular weight is 371 g/mol. The molecule has 2 aromatic carbocycles. The molecular weight excluding hydrogens is 345 g/mol. The van der Waals surface area contributed by atoms with Gasteiger partial charge in [-0.15, -0.1) is 0 Å². The number of nitrogens with zero attached hydrogens (tertiary/aromatic N) is 2. The highest BCUT2D eigenvalue weighted by molar-refractivity contribution is 5.94.